The van der Waals surface area contributed by atoms with E-state index < -0.39 is 0 Å². The first-order valence-corrected chi connectivity index (χ1v) is 7.36. The second-order valence-corrected chi connectivity index (χ2v) is 6.67. The smallest absolute Gasteiger partial charge is 0.122 e. The normalized spacial score (nSPS) is 19.4. The van der Waals surface area contributed by atoms with E-state index in [9.17, 15) is 0 Å². The van der Waals surface area contributed by atoms with Crippen LogP contribution in [0.3, 0.4) is 0 Å². The van der Waals surface area contributed by atoms with E-state index in [0.29, 0.717) is 5.41 Å². The highest BCUT2D eigenvalue weighted by molar-refractivity contribution is 5.42. The molecule has 3 heteroatoms. The highest BCUT2D eigenvalue weighted by Crippen LogP contribution is 2.56. The summed E-state index contributed by atoms with van der Waals surface area (Å²) in [4.78, 5) is 0. The van der Waals surface area contributed by atoms with Gasteiger partial charge in [-0.2, -0.15) is 0 Å². The van der Waals surface area contributed by atoms with Crippen molar-refractivity contribution in [1.29, 1.82) is 0 Å². The van der Waals surface area contributed by atoms with E-state index >= 15 is 0 Å². The average Bonchev–Trinajstić information content (AvgIpc) is 2.41. The molecule has 0 spiro atoms. The van der Waals surface area contributed by atoms with Gasteiger partial charge in [-0.15, -0.1) is 0 Å². The summed E-state index contributed by atoms with van der Waals surface area (Å²) in [5, 5.41) is 3.54. The Bertz CT molecular complexity index is 434. The van der Waals surface area contributed by atoms with Gasteiger partial charge in [-0.25, -0.2) is 0 Å². The number of methoxy groups -OCH3 is 2. The molecule has 1 aliphatic rings. The zero-order valence-corrected chi connectivity index (χ0v) is 13.2. The zero-order chi connectivity index (χ0) is 14.6. The largest absolute Gasteiger partial charge is 0.496 e. The first-order chi connectivity index (χ1) is 9.53. The van der Waals surface area contributed by atoms with Gasteiger partial charge in [0, 0.05) is 31.2 Å². The van der Waals surface area contributed by atoms with Gasteiger partial charge in [0.2, 0.25) is 0 Å². The molecule has 0 unspecified atom stereocenters. The van der Waals surface area contributed by atoms with Crippen LogP contribution in [-0.4, -0.2) is 33.9 Å². The zero-order valence-electron chi connectivity index (χ0n) is 13.2. The highest BCUT2D eigenvalue weighted by atomic mass is 16.5. The second kappa shape index (κ2) is 6.15. The van der Waals surface area contributed by atoms with E-state index in [1.54, 1.807) is 14.2 Å². The SMILES string of the molecule is COCCNCC1(c2ccccc2OC)CC(C)(C)C1. The monoisotopic (exact) mass is 277 g/mol. The highest BCUT2D eigenvalue weighted by Gasteiger charge is 2.50. The Balaban J connectivity index is 2.15. The standard InChI is InChI=1S/C17H27NO2/c1-16(2)11-17(12-16,13-18-9-10-19-3)14-7-5-6-8-15(14)20-4/h5-8,18H,9-13H2,1-4H3. The Morgan fingerprint density at radius 3 is 2.45 bits per heavy atom. The molecule has 1 aromatic carbocycles. The summed E-state index contributed by atoms with van der Waals surface area (Å²) in [7, 11) is 3.50. The van der Waals surface area contributed by atoms with Crippen LogP contribution in [0.4, 0.5) is 0 Å². The Labute approximate surface area is 122 Å². The fraction of sp³-hybridized carbons (Fsp3) is 0.647. The van der Waals surface area contributed by atoms with E-state index in [-0.39, 0.29) is 5.41 Å². The summed E-state index contributed by atoms with van der Waals surface area (Å²) in [6, 6.07) is 8.43. The van der Waals surface area contributed by atoms with Crippen molar-refractivity contribution in [2.75, 3.05) is 33.9 Å². The lowest BCUT2D eigenvalue weighted by Gasteiger charge is -2.54. The first kappa shape index (κ1) is 15.3. The summed E-state index contributed by atoms with van der Waals surface area (Å²) < 4.78 is 10.7. The summed E-state index contributed by atoms with van der Waals surface area (Å²) in [5.74, 6) is 1.01. The van der Waals surface area contributed by atoms with Crippen LogP contribution in [0.25, 0.3) is 0 Å². The molecule has 2 rings (SSSR count). The van der Waals surface area contributed by atoms with Crippen molar-refractivity contribution < 1.29 is 9.47 Å². The number of para-hydroxylation sites is 1. The van der Waals surface area contributed by atoms with E-state index in [1.165, 1.54) is 18.4 Å². The molecule has 1 aromatic rings. The number of nitrogens with one attached hydrogen (secondary N) is 1. The molecule has 0 aromatic heterocycles. The number of rotatable bonds is 7. The molecule has 112 valence electrons. The Hall–Kier alpha value is -1.06. The van der Waals surface area contributed by atoms with Crippen molar-refractivity contribution in [3.05, 3.63) is 29.8 Å². The van der Waals surface area contributed by atoms with Gasteiger partial charge in [0.1, 0.15) is 5.75 Å². The van der Waals surface area contributed by atoms with E-state index in [1.807, 2.05) is 6.07 Å². The van der Waals surface area contributed by atoms with Crippen LogP contribution in [0.1, 0.15) is 32.3 Å². The van der Waals surface area contributed by atoms with Crippen molar-refractivity contribution in [1.82, 2.24) is 5.32 Å². The van der Waals surface area contributed by atoms with Crippen LogP contribution < -0.4 is 10.1 Å². The van der Waals surface area contributed by atoms with E-state index in [4.69, 9.17) is 9.47 Å². The molecule has 3 nitrogen and oxygen atoms in total. The summed E-state index contributed by atoms with van der Waals surface area (Å²) in [6.45, 7) is 7.32. The Morgan fingerprint density at radius 2 is 1.85 bits per heavy atom. The number of hydrogen-bond acceptors (Lipinski definition) is 3. The van der Waals surface area contributed by atoms with Gasteiger partial charge >= 0.3 is 0 Å². The maximum absolute atomic E-state index is 5.57. The number of benzene rings is 1. The van der Waals surface area contributed by atoms with Gasteiger partial charge < -0.3 is 14.8 Å². The van der Waals surface area contributed by atoms with Crippen LogP contribution in [-0.2, 0) is 10.2 Å². The third kappa shape index (κ3) is 3.15. The third-order valence-corrected chi connectivity index (χ3v) is 4.26. The maximum atomic E-state index is 5.57. The van der Waals surface area contributed by atoms with Gasteiger partial charge in [-0.1, -0.05) is 32.0 Å². The third-order valence-electron chi connectivity index (χ3n) is 4.26. The number of hydrogen-bond donors (Lipinski definition) is 1. The van der Waals surface area contributed by atoms with E-state index in [0.717, 1.165) is 25.4 Å². The van der Waals surface area contributed by atoms with Crippen LogP contribution >= 0.6 is 0 Å². The van der Waals surface area contributed by atoms with Crippen LogP contribution in [0.15, 0.2) is 24.3 Å². The lowest BCUT2D eigenvalue weighted by Crippen LogP contribution is -2.53. The molecular weight excluding hydrogens is 250 g/mol. The molecule has 0 radical (unpaired) electrons. The van der Waals surface area contributed by atoms with Crippen molar-refractivity contribution in [2.24, 2.45) is 5.41 Å². The lowest BCUT2D eigenvalue weighted by molar-refractivity contribution is 0.0529. The molecule has 1 N–H and O–H groups in total. The number of ether oxygens (including phenoxy) is 2. The molecule has 0 bridgehead atoms. The van der Waals surface area contributed by atoms with Crippen molar-refractivity contribution >= 4 is 0 Å². The van der Waals surface area contributed by atoms with Crippen LogP contribution in [0, 0.1) is 5.41 Å². The minimum atomic E-state index is 0.198. The Morgan fingerprint density at radius 1 is 1.15 bits per heavy atom. The molecule has 0 atom stereocenters. The van der Waals surface area contributed by atoms with Gasteiger partial charge in [-0.05, 0) is 24.3 Å². The predicted molar refractivity (Wildman–Crippen MR) is 82.4 cm³/mol. The molecule has 20 heavy (non-hydrogen) atoms. The lowest BCUT2D eigenvalue weighted by atomic mass is 9.51. The fourth-order valence-electron chi connectivity index (χ4n) is 3.78. The van der Waals surface area contributed by atoms with E-state index in [2.05, 4.69) is 37.4 Å². The van der Waals surface area contributed by atoms with Crippen LogP contribution in [0.5, 0.6) is 5.75 Å². The van der Waals surface area contributed by atoms with Crippen LogP contribution in [0.2, 0.25) is 0 Å². The molecular formula is C17H27NO2. The molecule has 1 aliphatic carbocycles. The quantitative estimate of drug-likeness (QED) is 0.777. The first-order valence-electron chi connectivity index (χ1n) is 7.36. The van der Waals surface area contributed by atoms with Gasteiger partial charge in [-0.3, -0.25) is 0 Å². The van der Waals surface area contributed by atoms with Crippen molar-refractivity contribution in [2.45, 2.75) is 32.1 Å². The molecule has 1 fully saturated rings. The van der Waals surface area contributed by atoms with Gasteiger partial charge in [0.25, 0.3) is 0 Å². The topological polar surface area (TPSA) is 30.5 Å². The predicted octanol–water partition coefficient (Wildman–Crippen LogP) is 2.99. The second-order valence-electron chi connectivity index (χ2n) is 6.67. The minimum Gasteiger partial charge on any atom is -0.496 e. The Kier molecular flexibility index (Phi) is 4.71. The van der Waals surface area contributed by atoms with Crippen molar-refractivity contribution in [3.8, 4) is 5.75 Å². The average molecular weight is 277 g/mol. The van der Waals surface area contributed by atoms with Gasteiger partial charge in [0.15, 0.2) is 0 Å². The minimum absolute atomic E-state index is 0.198. The molecule has 0 amide bonds. The fourth-order valence-corrected chi connectivity index (χ4v) is 3.78. The summed E-state index contributed by atoms with van der Waals surface area (Å²) in [5.41, 5.74) is 1.96. The molecule has 1 saturated carbocycles. The molecule has 0 heterocycles. The van der Waals surface area contributed by atoms with Gasteiger partial charge in [0.05, 0.1) is 13.7 Å². The molecule has 0 saturated heterocycles. The van der Waals surface area contributed by atoms with Crippen molar-refractivity contribution in [3.63, 3.8) is 0 Å². The summed E-state index contributed by atoms with van der Waals surface area (Å²) >= 11 is 0. The maximum Gasteiger partial charge on any atom is 0.122 e. The molecule has 0 aliphatic heterocycles. The summed E-state index contributed by atoms with van der Waals surface area (Å²) in [6.07, 6.45) is 2.39.